The summed E-state index contributed by atoms with van der Waals surface area (Å²) in [4.78, 5) is 4.35. The van der Waals surface area contributed by atoms with Crippen LogP contribution >= 0.6 is 0 Å². The minimum atomic E-state index is 0.943. The van der Waals surface area contributed by atoms with Crippen LogP contribution in [0.5, 0.6) is 0 Å². The van der Waals surface area contributed by atoms with Crippen LogP contribution in [0.15, 0.2) is 18.3 Å². The maximum atomic E-state index is 4.35. The van der Waals surface area contributed by atoms with Gasteiger partial charge in [0.2, 0.25) is 0 Å². The van der Waals surface area contributed by atoms with Gasteiger partial charge >= 0.3 is 0 Å². The predicted molar refractivity (Wildman–Crippen MR) is 63.0 cm³/mol. The van der Waals surface area contributed by atoms with Crippen molar-refractivity contribution in [2.24, 2.45) is 0 Å². The molecule has 1 aliphatic heterocycles. The highest BCUT2D eigenvalue weighted by Gasteiger charge is 2.19. The van der Waals surface area contributed by atoms with Crippen molar-refractivity contribution in [3.63, 3.8) is 0 Å². The first-order valence-electron chi connectivity index (χ1n) is 5.70. The third-order valence-electron chi connectivity index (χ3n) is 2.64. The van der Waals surface area contributed by atoms with E-state index in [1.165, 1.54) is 0 Å². The first-order chi connectivity index (χ1) is 7.86. The highest BCUT2D eigenvalue weighted by Crippen LogP contribution is 2.26. The van der Waals surface area contributed by atoms with Crippen LogP contribution in [0, 0.1) is 6.92 Å². The SMILES string of the molecule is CC.Cc1nnc2n1CCc1ncccc1-2. The van der Waals surface area contributed by atoms with E-state index in [0.29, 0.717) is 0 Å². The Bertz CT molecular complexity index is 488. The Labute approximate surface area is 95.4 Å². The third kappa shape index (κ3) is 1.60. The molecule has 0 saturated heterocycles. The maximum Gasteiger partial charge on any atom is 0.165 e. The van der Waals surface area contributed by atoms with E-state index in [2.05, 4.69) is 25.8 Å². The minimum absolute atomic E-state index is 0.943. The molecule has 4 heteroatoms. The van der Waals surface area contributed by atoms with Crippen molar-refractivity contribution < 1.29 is 0 Å². The second-order valence-electron chi connectivity index (χ2n) is 3.47. The molecule has 2 aromatic rings. The molecule has 0 fully saturated rings. The van der Waals surface area contributed by atoms with E-state index in [4.69, 9.17) is 0 Å². The zero-order valence-corrected chi connectivity index (χ0v) is 9.94. The molecule has 4 nitrogen and oxygen atoms in total. The molecule has 0 unspecified atom stereocenters. The summed E-state index contributed by atoms with van der Waals surface area (Å²) in [6, 6.07) is 4.00. The van der Waals surface area contributed by atoms with Crippen LogP contribution < -0.4 is 0 Å². The normalized spacial score (nSPS) is 12.2. The molecule has 0 N–H and O–H groups in total. The summed E-state index contributed by atoms with van der Waals surface area (Å²) in [5.41, 5.74) is 2.26. The standard InChI is InChI=1S/C10H10N4.C2H6/c1-7-12-13-10-8-3-2-5-11-9(8)4-6-14(7)10;1-2/h2-3,5H,4,6H2,1H3;1-2H3. The van der Waals surface area contributed by atoms with Gasteiger partial charge in [0, 0.05) is 24.7 Å². The Kier molecular flexibility index (Phi) is 2.99. The summed E-state index contributed by atoms with van der Waals surface area (Å²) in [6.45, 7) is 6.93. The van der Waals surface area contributed by atoms with Gasteiger partial charge in [-0.15, -0.1) is 10.2 Å². The second-order valence-corrected chi connectivity index (χ2v) is 3.47. The summed E-state index contributed by atoms with van der Waals surface area (Å²) in [5.74, 6) is 1.94. The molecule has 1 aliphatic rings. The lowest BCUT2D eigenvalue weighted by atomic mass is 10.1. The van der Waals surface area contributed by atoms with E-state index in [1.807, 2.05) is 33.0 Å². The van der Waals surface area contributed by atoms with Gasteiger partial charge < -0.3 is 4.57 Å². The number of rotatable bonds is 0. The molecular formula is C12H16N4. The van der Waals surface area contributed by atoms with Gasteiger partial charge in [-0.25, -0.2) is 0 Å². The summed E-state index contributed by atoms with van der Waals surface area (Å²) in [7, 11) is 0. The second kappa shape index (κ2) is 4.43. The highest BCUT2D eigenvalue weighted by molar-refractivity contribution is 5.59. The number of aryl methyl sites for hydroxylation is 2. The Morgan fingerprint density at radius 3 is 2.88 bits per heavy atom. The number of aromatic nitrogens is 4. The Balaban J connectivity index is 0.000000457. The lowest BCUT2D eigenvalue weighted by molar-refractivity contribution is 0.651. The summed E-state index contributed by atoms with van der Waals surface area (Å²) in [5, 5.41) is 8.25. The van der Waals surface area contributed by atoms with Crippen molar-refractivity contribution in [1.82, 2.24) is 19.7 Å². The topological polar surface area (TPSA) is 43.6 Å². The molecule has 0 saturated carbocycles. The van der Waals surface area contributed by atoms with Gasteiger partial charge in [0.05, 0.1) is 5.69 Å². The first-order valence-corrected chi connectivity index (χ1v) is 5.70. The molecule has 84 valence electrons. The predicted octanol–water partition coefficient (Wildman–Crippen LogP) is 2.23. The highest BCUT2D eigenvalue weighted by atomic mass is 15.3. The quantitative estimate of drug-likeness (QED) is 0.678. The van der Waals surface area contributed by atoms with E-state index in [-0.39, 0.29) is 0 Å². The van der Waals surface area contributed by atoms with Gasteiger partial charge in [0.1, 0.15) is 5.82 Å². The fraction of sp³-hybridized carbons (Fsp3) is 0.417. The van der Waals surface area contributed by atoms with Gasteiger partial charge in [0.15, 0.2) is 5.82 Å². The summed E-state index contributed by atoms with van der Waals surface area (Å²) in [6.07, 6.45) is 2.81. The van der Waals surface area contributed by atoms with Crippen molar-refractivity contribution in [2.45, 2.75) is 33.7 Å². The fourth-order valence-electron chi connectivity index (χ4n) is 1.91. The van der Waals surface area contributed by atoms with E-state index in [9.17, 15) is 0 Å². The molecule has 0 atom stereocenters. The van der Waals surface area contributed by atoms with E-state index < -0.39 is 0 Å². The number of hydrogen-bond acceptors (Lipinski definition) is 3. The van der Waals surface area contributed by atoms with Gasteiger partial charge in [-0.1, -0.05) is 13.8 Å². The van der Waals surface area contributed by atoms with E-state index in [1.54, 1.807) is 0 Å². The molecule has 2 aromatic heterocycles. The van der Waals surface area contributed by atoms with Crippen molar-refractivity contribution >= 4 is 0 Å². The molecule has 16 heavy (non-hydrogen) atoms. The third-order valence-corrected chi connectivity index (χ3v) is 2.64. The van der Waals surface area contributed by atoms with Gasteiger partial charge in [-0.05, 0) is 19.1 Å². The van der Waals surface area contributed by atoms with Crippen molar-refractivity contribution in [3.8, 4) is 11.4 Å². The lowest BCUT2D eigenvalue weighted by Gasteiger charge is -2.16. The molecule has 3 heterocycles. The van der Waals surface area contributed by atoms with Crippen molar-refractivity contribution in [2.75, 3.05) is 0 Å². The minimum Gasteiger partial charge on any atom is -0.311 e. The van der Waals surface area contributed by atoms with Gasteiger partial charge in [-0.2, -0.15) is 0 Å². The van der Waals surface area contributed by atoms with E-state index in [0.717, 1.165) is 35.9 Å². The van der Waals surface area contributed by atoms with Crippen LogP contribution in [0.4, 0.5) is 0 Å². The number of nitrogens with zero attached hydrogens (tertiary/aromatic N) is 4. The van der Waals surface area contributed by atoms with Crippen molar-refractivity contribution in [3.05, 3.63) is 29.8 Å². The molecular weight excluding hydrogens is 200 g/mol. The number of pyridine rings is 1. The average molecular weight is 216 g/mol. The van der Waals surface area contributed by atoms with Crippen LogP contribution in [-0.4, -0.2) is 19.7 Å². The fourth-order valence-corrected chi connectivity index (χ4v) is 1.91. The molecule has 3 rings (SSSR count). The maximum absolute atomic E-state index is 4.35. The molecule has 0 aliphatic carbocycles. The van der Waals surface area contributed by atoms with Crippen LogP contribution in [0.25, 0.3) is 11.4 Å². The summed E-state index contributed by atoms with van der Waals surface area (Å²) >= 11 is 0. The zero-order chi connectivity index (χ0) is 11.5. The van der Waals surface area contributed by atoms with Crippen LogP contribution in [0.1, 0.15) is 25.4 Å². The van der Waals surface area contributed by atoms with E-state index >= 15 is 0 Å². The smallest absolute Gasteiger partial charge is 0.165 e. The monoisotopic (exact) mass is 216 g/mol. The van der Waals surface area contributed by atoms with Crippen molar-refractivity contribution in [1.29, 1.82) is 0 Å². The van der Waals surface area contributed by atoms with Crippen LogP contribution in [-0.2, 0) is 13.0 Å². The van der Waals surface area contributed by atoms with Crippen LogP contribution in [0.3, 0.4) is 0 Å². The Morgan fingerprint density at radius 1 is 1.25 bits per heavy atom. The molecule has 0 aromatic carbocycles. The van der Waals surface area contributed by atoms with Gasteiger partial charge in [-0.3, -0.25) is 4.98 Å². The average Bonchev–Trinajstić information content (AvgIpc) is 2.74. The largest absolute Gasteiger partial charge is 0.311 e. The zero-order valence-electron chi connectivity index (χ0n) is 9.94. The molecule has 0 amide bonds. The number of fused-ring (bicyclic) bond motifs is 3. The number of hydrogen-bond donors (Lipinski definition) is 0. The Morgan fingerprint density at radius 2 is 2.06 bits per heavy atom. The molecule has 0 bridgehead atoms. The van der Waals surface area contributed by atoms with Gasteiger partial charge in [0.25, 0.3) is 0 Å². The summed E-state index contributed by atoms with van der Waals surface area (Å²) < 4.78 is 2.14. The first kappa shape index (κ1) is 10.8. The molecule has 0 spiro atoms. The molecule has 0 radical (unpaired) electrons. The Hall–Kier alpha value is -1.71. The lowest BCUT2D eigenvalue weighted by Crippen LogP contribution is -2.13. The van der Waals surface area contributed by atoms with Crippen LogP contribution in [0.2, 0.25) is 0 Å².